The van der Waals surface area contributed by atoms with Crippen LogP contribution in [0.15, 0.2) is 0 Å². The summed E-state index contributed by atoms with van der Waals surface area (Å²) in [6, 6.07) is 0. The summed E-state index contributed by atoms with van der Waals surface area (Å²) in [5.74, 6) is 0.949. The zero-order chi connectivity index (χ0) is 11.7. The van der Waals surface area contributed by atoms with Crippen molar-refractivity contribution in [1.29, 1.82) is 0 Å². The molecular weight excluding hydrogens is 180 g/mol. The van der Waals surface area contributed by atoms with Crippen LogP contribution >= 0.6 is 0 Å². The Hall–Kier alpha value is 0. The Morgan fingerprint density at radius 1 is 1.07 bits per heavy atom. The molecule has 0 amide bonds. The molecule has 1 aliphatic rings. The Morgan fingerprint density at radius 3 is 2.00 bits per heavy atom. The molecule has 0 saturated heterocycles. The Labute approximate surface area is 97.8 Å². The molecule has 0 radical (unpaired) electrons. The van der Waals surface area contributed by atoms with Crippen molar-refractivity contribution < 1.29 is 0 Å². The quantitative estimate of drug-likeness (QED) is 0.539. The van der Waals surface area contributed by atoms with Gasteiger partial charge in [-0.2, -0.15) is 0 Å². The third-order valence-electron chi connectivity index (χ3n) is 3.92. The molecule has 1 fully saturated rings. The third-order valence-corrected chi connectivity index (χ3v) is 3.92. The zero-order valence-electron chi connectivity index (χ0n) is 11.7. The van der Waals surface area contributed by atoms with Gasteiger partial charge in [0.25, 0.3) is 0 Å². The molecule has 0 heteroatoms. The molecule has 15 heavy (non-hydrogen) atoms. The first kappa shape index (κ1) is 15.0. The summed E-state index contributed by atoms with van der Waals surface area (Å²) in [5, 5.41) is 0. The first-order chi connectivity index (χ1) is 7.22. The van der Waals surface area contributed by atoms with Crippen molar-refractivity contribution in [1.82, 2.24) is 0 Å². The molecule has 0 spiro atoms. The van der Waals surface area contributed by atoms with E-state index in [0.29, 0.717) is 0 Å². The minimum atomic E-state index is 0.768. The summed E-state index contributed by atoms with van der Waals surface area (Å²) >= 11 is 0. The lowest BCUT2D eigenvalue weighted by Gasteiger charge is -2.31. The van der Waals surface area contributed by atoms with Gasteiger partial charge in [0.2, 0.25) is 0 Å². The highest BCUT2D eigenvalue weighted by Crippen LogP contribution is 2.46. The number of rotatable bonds is 5. The first-order valence-electron chi connectivity index (χ1n) is 7.22. The van der Waals surface area contributed by atoms with Crippen LogP contribution in [0.4, 0.5) is 0 Å². The predicted octanol–water partition coefficient (Wildman–Crippen LogP) is 5.81. The van der Waals surface area contributed by atoms with Crippen LogP contribution in [0.1, 0.15) is 86.0 Å². The largest absolute Gasteiger partial charge is 0.0683 e. The molecule has 1 unspecified atom stereocenters. The van der Waals surface area contributed by atoms with E-state index in [9.17, 15) is 0 Å². The molecular formula is C15H32. The third kappa shape index (κ3) is 5.04. The van der Waals surface area contributed by atoms with Crippen LogP contribution in [0.3, 0.4) is 0 Å². The standard InChI is InChI=1S/C13H26.C2H6/c1-4-8-13(9-6-7-10-13)11-12(3)5-2;1-2/h12H,4-11H2,1-3H3;1-2H3. The summed E-state index contributed by atoms with van der Waals surface area (Å²) in [5.41, 5.74) is 0.768. The predicted molar refractivity (Wildman–Crippen MR) is 71.2 cm³/mol. The molecule has 0 bridgehead atoms. The van der Waals surface area contributed by atoms with Gasteiger partial charge in [-0.25, -0.2) is 0 Å². The van der Waals surface area contributed by atoms with E-state index >= 15 is 0 Å². The summed E-state index contributed by atoms with van der Waals surface area (Å²) in [6.45, 7) is 11.1. The summed E-state index contributed by atoms with van der Waals surface area (Å²) < 4.78 is 0. The van der Waals surface area contributed by atoms with Crippen LogP contribution in [0, 0.1) is 11.3 Å². The van der Waals surface area contributed by atoms with E-state index in [1.54, 1.807) is 0 Å². The lowest BCUT2D eigenvalue weighted by atomic mass is 9.74. The molecule has 0 aromatic rings. The highest BCUT2D eigenvalue weighted by molar-refractivity contribution is 4.85. The molecule has 0 heterocycles. The van der Waals surface area contributed by atoms with Crippen molar-refractivity contribution in [2.45, 2.75) is 86.0 Å². The first-order valence-corrected chi connectivity index (χ1v) is 7.22. The number of hydrogen-bond donors (Lipinski definition) is 0. The van der Waals surface area contributed by atoms with Gasteiger partial charge in [0.05, 0.1) is 0 Å². The normalized spacial score (nSPS) is 20.6. The lowest BCUT2D eigenvalue weighted by Crippen LogP contribution is -2.19. The van der Waals surface area contributed by atoms with E-state index in [1.165, 1.54) is 51.4 Å². The molecule has 92 valence electrons. The Bertz CT molecular complexity index is 131. The number of hydrogen-bond acceptors (Lipinski definition) is 0. The highest BCUT2D eigenvalue weighted by Gasteiger charge is 2.33. The van der Waals surface area contributed by atoms with Crippen LogP contribution in [-0.4, -0.2) is 0 Å². The minimum absolute atomic E-state index is 0.768. The molecule has 0 nitrogen and oxygen atoms in total. The van der Waals surface area contributed by atoms with Gasteiger partial charge in [-0.1, -0.05) is 60.3 Å². The van der Waals surface area contributed by atoms with Gasteiger partial charge in [0, 0.05) is 0 Å². The molecule has 0 N–H and O–H groups in total. The van der Waals surface area contributed by atoms with Crippen molar-refractivity contribution in [3.8, 4) is 0 Å². The maximum atomic E-state index is 2.43. The maximum absolute atomic E-state index is 2.43. The fraction of sp³-hybridized carbons (Fsp3) is 1.00. The fourth-order valence-electron chi connectivity index (χ4n) is 3.10. The summed E-state index contributed by atoms with van der Waals surface area (Å²) in [6.07, 6.45) is 11.8. The second-order valence-corrected chi connectivity index (χ2v) is 5.17. The minimum Gasteiger partial charge on any atom is -0.0683 e. The van der Waals surface area contributed by atoms with E-state index in [4.69, 9.17) is 0 Å². The molecule has 0 aliphatic heterocycles. The van der Waals surface area contributed by atoms with E-state index in [2.05, 4.69) is 20.8 Å². The second-order valence-electron chi connectivity index (χ2n) is 5.17. The van der Waals surface area contributed by atoms with Crippen LogP contribution in [-0.2, 0) is 0 Å². The van der Waals surface area contributed by atoms with Crippen molar-refractivity contribution in [3.63, 3.8) is 0 Å². The second kappa shape index (κ2) is 8.19. The molecule has 0 aromatic heterocycles. The van der Waals surface area contributed by atoms with Crippen LogP contribution in [0.5, 0.6) is 0 Å². The Balaban J connectivity index is 0.000000921. The zero-order valence-corrected chi connectivity index (χ0v) is 11.7. The lowest BCUT2D eigenvalue weighted by molar-refractivity contribution is 0.204. The van der Waals surface area contributed by atoms with Crippen LogP contribution in [0.2, 0.25) is 0 Å². The van der Waals surface area contributed by atoms with Crippen LogP contribution < -0.4 is 0 Å². The molecule has 1 aliphatic carbocycles. The van der Waals surface area contributed by atoms with Crippen molar-refractivity contribution >= 4 is 0 Å². The van der Waals surface area contributed by atoms with Gasteiger partial charge in [-0.15, -0.1) is 0 Å². The summed E-state index contributed by atoms with van der Waals surface area (Å²) in [7, 11) is 0. The van der Waals surface area contributed by atoms with Gasteiger partial charge in [-0.3, -0.25) is 0 Å². The average Bonchev–Trinajstić information content (AvgIpc) is 2.70. The van der Waals surface area contributed by atoms with Crippen LogP contribution in [0.25, 0.3) is 0 Å². The van der Waals surface area contributed by atoms with Gasteiger partial charge in [0.1, 0.15) is 0 Å². The average molecular weight is 212 g/mol. The molecule has 0 aromatic carbocycles. The molecule has 1 saturated carbocycles. The van der Waals surface area contributed by atoms with Gasteiger partial charge < -0.3 is 0 Å². The fourth-order valence-corrected chi connectivity index (χ4v) is 3.10. The van der Waals surface area contributed by atoms with Gasteiger partial charge in [0.15, 0.2) is 0 Å². The SMILES string of the molecule is CC.CCCC1(CC(C)CC)CCCC1. The Morgan fingerprint density at radius 2 is 1.60 bits per heavy atom. The maximum Gasteiger partial charge on any atom is -0.0295 e. The Kier molecular flexibility index (Phi) is 8.19. The monoisotopic (exact) mass is 212 g/mol. The van der Waals surface area contributed by atoms with E-state index in [1.807, 2.05) is 13.8 Å². The van der Waals surface area contributed by atoms with Crippen molar-refractivity contribution in [2.75, 3.05) is 0 Å². The van der Waals surface area contributed by atoms with Gasteiger partial charge in [-0.05, 0) is 37.0 Å². The topological polar surface area (TPSA) is 0 Å². The smallest absolute Gasteiger partial charge is 0.0295 e. The molecule has 1 atom stereocenters. The van der Waals surface area contributed by atoms with E-state index < -0.39 is 0 Å². The summed E-state index contributed by atoms with van der Waals surface area (Å²) in [4.78, 5) is 0. The highest BCUT2D eigenvalue weighted by atomic mass is 14.4. The molecule has 1 rings (SSSR count). The van der Waals surface area contributed by atoms with Crippen molar-refractivity contribution in [2.24, 2.45) is 11.3 Å². The van der Waals surface area contributed by atoms with E-state index in [0.717, 1.165) is 11.3 Å². The van der Waals surface area contributed by atoms with Crippen molar-refractivity contribution in [3.05, 3.63) is 0 Å². The van der Waals surface area contributed by atoms with Gasteiger partial charge >= 0.3 is 0 Å². The van der Waals surface area contributed by atoms with E-state index in [-0.39, 0.29) is 0 Å².